The zero-order chi connectivity index (χ0) is 15.1. The molecule has 0 saturated heterocycles. The number of aromatic nitrogens is 2. The number of halogens is 1. The summed E-state index contributed by atoms with van der Waals surface area (Å²) < 4.78 is 7.14. The Morgan fingerprint density at radius 1 is 1.52 bits per heavy atom. The lowest BCUT2D eigenvalue weighted by molar-refractivity contribution is 0.0254. The lowest BCUT2D eigenvalue weighted by atomic mass is 10.2. The first-order valence-electron chi connectivity index (χ1n) is 7.18. The zero-order valence-electron chi connectivity index (χ0n) is 12.5. The highest BCUT2D eigenvalue weighted by molar-refractivity contribution is 9.10. The Labute approximate surface area is 138 Å². The van der Waals surface area contributed by atoms with Crippen LogP contribution in [-0.2, 0) is 17.9 Å². The summed E-state index contributed by atoms with van der Waals surface area (Å²) in [6, 6.07) is 2.11. The maximum Gasteiger partial charge on any atom is 0.0924 e. The quantitative estimate of drug-likeness (QED) is 0.722. The summed E-state index contributed by atoms with van der Waals surface area (Å²) in [6.07, 6.45) is 5.93. The molecule has 2 aromatic rings. The predicted octanol–water partition coefficient (Wildman–Crippen LogP) is 4.05. The van der Waals surface area contributed by atoms with Gasteiger partial charge in [-0.2, -0.15) is 0 Å². The van der Waals surface area contributed by atoms with Gasteiger partial charge < -0.3 is 14.6 Å². The van der Waals surface area contributed by atoms with E-state index in [1.54, 1.807) is 17.7 Å². The number of hydrogen-bond donors (Lipinski definition) is 1. The minimum Gasteiger partial charge on any atom is -0.372 e. The number of rotatable bonds is 9. The first-order valence-corrected chi connectivity index (χ1v) is 8.86. The number of nitrogens with zero attached hydrogens (tertiary/aromatic N) is 2. The third-order valence-corrected chi connectivity index (χ3v) is 5.33. The summed E-state index contributed by atoms with van der Waals surface area (Å²) in [5, 5.41) is 2.12. The summed E-state index contributed by atoms with van der Waals surface area (Å²) in [5.74, 6) is 0. The van der Waals surface area contributed by atoms with Crippen LogP contribution in [0.1, 0.15) is 30.3 Å². The lowest BCUT2D eigenvalue weighted by Crippen LogP contribution is -2.24. The van der Waals surface area contributed by atoms with Gasteiger partial charge in [0, 0.05) is 28.6 Å². The van der Waals surface area contributed by atoms with Crippen molar-refractivity contribution in [2.24, 2.45) is 0 Å². The van der Waals surface area contributed by atoms with Crippen LogP contribution >= 0.6 is 27.3 Å². The smallest absolute Gasteiger partial charge is 0.0924 e. The van der Waals surface area contributed by atoms with E-state index in [1.165, 1.54) is 9.35 Å². The molecule has 0 aliphatic carbocycles. The van der Waals surface area contributed by atoms with Gasteiger partial charge in [-0.05, 0) is 47.3 Å². The van der Waals surface area contributed by atoms with Crippen molar-refractivity contribution in [3.8, 4) is 0 Å². The Morgan fingerprint density at radius 3 is 3.00 bits per heavy atom. The second-order valence-electron chi connectivity index (χ2n) is 5.12. The summed E-state index contributed by atoms with van der Waals surface area (Å²) in [7, 11) is 2.16. The number of H-pyrrole nitrogens is 1. The Bertz CT molecular complexity index is 515. The van der Waals surface area contributed by atoms with Gasteiger partial charge in [-0.25, -0.2) is 4.98 Å². The topological polar surface area (TPSA) is 41.1 Å². The van der Waals surface area contributed by atoms with Crippen LogP contribution in [0.5, 0.6) is 0 Å². The van der Waals surface area contributed by atoms with E-state index < -0.39 is 0 Å². The summed E-state index contributed by atoms with van der Waals surface area (Å²) >= 11 is 5.38. The highest BCUT2D eigenvalue weighted by Gasteiger charge is 2.11. The van der Waals surface area contributed by atoms with Gasteiger partial charge in [0.1, 0.15) is 0 Å². The Morgan fingerprint density at radius 2 is 2.38 bits per heavy atom. The van der Waals surface area contributed by atoms with E-state index in [1.807, 2.05) is 6.20 Å². The number of thiophene rings is 1. The minimum absolute atomic E-state index is 0.288. The molecule has 116 valence electrons. The maximum absolute atomic E-state index is 5.93. The molecule has 2 aromatic heterocycles. The van der Waals surface area contributed by atoms with Gasteiger partial charge in [0.2, 0.25) is 0 Å². The monoisotopic (exact) mass is 371 g/mol. The Kier molecular flexibility index (Phi) is 6.89. The zero-order valence-corrected chi connectivity index (χ0v) is 14.9. The van der Waals surface area contributed by atoms with E-state index in [9.17, 15) is 0 Å². The van der Waals surface area contributed by atoms with Crippen molar-refractivity contribution in [2.75, 3.05) is 13.6 Å². The summed E-state index contributed by atoms with van der Waals surface area (Å²) in [5.41, 5.74) is 0.962. The molecule has 1 N–H and O–H groups in total. The number of ether oxygens (including phenoxy) is 1. The van der Waals surface area contributed by atoms with Crippen LogP contribution in [0.4, 0.5) is 0 Å². The number of imidazole rings is 1. The summed E-state index contributed by atoms with van der Waals surface area (Å²) in [4.78, 5) is 10.9. The van der Waals surface area contributed by atoms with E-state index in [2.05, 4.69) is 56.2 Å². The molecule has 0 aliphatic heterocycles. The fourth-order valence-corrected chi connectivity index (χ4v) is 3.66. The van der Waals surface area contributed by atoms with Crippen molar-refractivity contribution in [1.29, 1.82) is 0 Å². The Balaban J connectivity index is 1.70. The number of nitrogens with one attached hydrogen (secondary N) is 1. The minimum atomic E-state index is 0.288. The van der Waals surface area contributed by atoms with E-state index in [-0.39, 0.29) is 6.10 Å². The highest BCUT2D eigenvalue weighted by Crippen LogP contribution is 2.23. The van der Waals surface area contributed by atoms with Crippen molar-refractivity contribution in [3.63, 3.8) is 0 Å². The van der Waals surface area contributed by atoms with Crippen LogP contribution in [0, 0.1) is 0 Å². The van der Waals surface area contributed by atoms with Gasteiger partial charge in [-0.1, -0.05) is 6.92 Å². The fraction of sp³-hybridized carbons (Fsp3) is 0.533. The van der Waals surface area contributed by atoms with Crippen LogP contribution in [0.2, 0.25) is 0 Å². The molecule has 1 unspecified atom stereocenters. The normalized spacial score (nSPS) is 13.0. The fourth-order valence-electron chi connectivity index (χ4n) is 2.10. The molecule has 0 saturated carbocycles. The van der Waals surface area contributed by atoms with Gasteiger partial charge in [0.15, 0.2) is 0 Å². The molecular formula is C15H22BrN3OS. The third-order valence-electron chi connectivity index (χ3n) is 3.41. The molecule has 21 heavy (non-hydrogen) atoms. The van der Waals surface area contributed by atoms with Gasteiger partial charge >= 0.3 is 0 Å². The molecule has 1 atom stereocenters. The molecule has 0 fully saturated rings. The average Bonchev–Trinajstić information content (AvgIpc) is 3.12. The molecule has 0 spiro atoms. The van der Waals surface area contributed by atoms with Crippen molar-refractivity contribution >= 4 is 27.3 Å². The highest BCUT2D eigenvalue weighted by atomic mass is 79.9. The molecule has 2 heterocycles. The molecule has 0 bridgehead atoms. The molecule has 6 heteroatoms. The SMILES string of the molecule is CCC(CCN(C)Cc1sccc1Br)OCc1c[nH]cn1. The van der Waals surface area contributed by atoms with Gasteiger partial charge in [0.05, 0.1) is 24.7 Å². The van der Waals surface area contributed by atoms with E-state index in [4.69, 9.17) is 4.74 Å². The predicted molar refractivity (Wildman–Crippen MR) is 90.4 cm³/mol. The van der Waals surface area contributed by atoms with Crippen LogP contribution in [0.3, 0.4) is 0 Å². The first kappa shape index (κ1) is 16.7. The van der Waals surface area contributed by atoms with Gasteiger partial charge in [0.25, 0.3) is 0 Å². The molecular weight excluding hydrogens is 350 g/mol. The van der Waals surface area contributed by atoms with E-state index >= 15 is 0 Å². The van der Waals surface area contributed by atoms with Crippen LogP contribution < -0.4 is 0 Å². The molecule has 4 nitrogen and oxygen atoms in total. The lowest BCUT2D eigenvalue weighted by Gasteiger charge is -2.20. The van der Waals surface area contributed by atoms with E-state index in [0.717, 1.165) is 31.6 Å². The number of aromatic amines is 1. The van der Waals surface area contributed by atoms with Gasteiger partial charge in [-0.3, -0.25) is 0 Å². The average molecular weight is 372 g/mol. The third kappa shape index (κ3) is 5.54. The largest absolute Gasteiger partial charge is 0.372 e. The van der Waals surface area contributed by atoms with Crippen LogP contribution in [0.15, 0.2) is 28.4 Å². The van der Waals surface area contributed by atoms with Crippen molar-refractivity contribution < 1.29 is 4.74 Å². The first-order chi connectivity index (χ1) is 10.2. The van der Waals surface area contributed by atoms with Crippen molar-refractivity contribution in [1.82, 2.24) is 14.9 Å². The van der Waals surface area contributed by atoms with Crippen LogP contribution in [0.25, 0.3) is 0 Å². The Hall–Kier alpha value is -0.690. The number of hydrogen-bond acceptors (Lipinski definition) is 4. The van der Waals surface area contributed by atoms with Crippen molar-refractivity contribution in [2.45, 2.75) is 39.0 Å². The second kappa shape index (κ2) is 8.68. The van der Waals surface area contributed by atoms with Crippen LogP contribution in [-0.4, -0.2) is 34.6 Å². The van der Waals surface area contributed by atoms with E-state index in [0.29, 0.717) is 6.61 Å². The molecule has 0 aromatic carbocycles. The second-order valence-corrected chi connectivity index (χ2v) is 6.97. The molecule has 2 rings (SSSR count). The molecule has 0 aliphatic rings. The maximum atomic E-state index is 5.93. The molecule has 0 radical (unpaired) electrons. The van der Waals surface area contributed by atoms with Crippen molar-refractivity contribution in [3.05, 3.63) is 39.0 Å². The van der Waals surface area contributed by atoms with Gasteiger partial charge in [-0.15, -0.1) is 11.3 Å². The summed E-state index contributed by atoms with van der Waals surface area (Å²) in [6.45, 7) is 4.77. The molecule has 0 amide bonds. The standard InChI is InChI=1S/C15H22BrN3OS/c1-3-13(20-10-12-8-17-11-18-12)4-6-19(2)9-15-14(16)5-7-21-15/h5,7-8,11,13H,3-4,6,9-10H2,1-2H3,(H,17,18).